The zero-order chi connectivity index (χ0) is 20.3. The molecule has 2 atom stereocenters. The molecule has 3 heterocycles. The number of alkyl halides is 1. The molecule has 0 spiro atoms. The Morgan fingerprint density at radius 2 is 2.17 bits per heavy atom. The fraction of sp³-hybridized carbons (Fsp3) is 0.200. The summed E-state index contributed by atoms with van der Waals surface area (Å²) in [7, 11) is 0. The smallest absolute Gasteiger partial charge is 0.353 e. The molecule has 1 aromatic heterocycles. The zero-order valence-corrected chi connectivity index (χ0v) is 17.3. The maximum Gasteiger partial charge on any atom is 0.353 e. The van der Waals surface area contributed by atoms with E-state index in [9.17, 15) is 14.7 Å². The molecular formula is C20H15ClN2O4S2. The number of hydrogen-bond donors (Lipinski definition) is 2. The van der Waals surface area contributed by atoms with Crippen LogP contribution in [-0.2, 0) is 15.5 Å². The van der Waals surface area contributed by atoms with Gasteiger partial charge in [0, 0.05) is 31.9 Å². The number of furan rings is 1. The van der Waals surface area contributed by atoms with Gasteiger partial charge in [0.15, 0.2) is 0 Å². The van der Waals surface area contributed by atoms with Crippen molar-refractivity contribution in [2.24, 2.45) is 5.73 Å². The number of carbonyl (C=O) groups is 2. The molecule has 9 heteroatoms. The lowest BCUT2D eigenvalue weighted by atomic mass is 10.1. The first kappa shape index (κ1) is 18.9. The van der Waals surface area contributed by atoms with E-state index >= 15 is 0 Å². The van der Waals surface area contributed by atoms with Crippen LogP contribution < -0.4 is 5.73 Å². The number of β-lactam (4-membered cyclic amide) rings is 1. The minimum atomic E-state index is -1.12. The van der Waals surface area contributed by atoms with Gasteiger partial charge < -0.3 is 15.3 Å². The average molecular weight is 447 g/mol. The molecule has 0 bridgehead atoms. The van der Waals surface area contributed by atoms with Crippen molar-refractivity contribution in [3.63, 3.8) is 0 Å². The molecule has 5 rings (SSSR count). The summed E-state index contributed by atoms with van der Waals surface area (Å²) in [5.74, 6) is -0.616. The summed E-state index contributed by atoms with van der Waals surface area (Å²) >= 11 is 8.84. The van der Waals surface area contributed by atoms with Crippen molar-refractivity contribution in [2.75, 3.05) is 5.75 Å². The van der Waals surface area contributed by atoms with Crippen molar-refractivity contribution in [1.82, 2.24) is 4.90 Å². The van der Waals surface area contributed by atoms with Gasteiger partial charge in [-0.25, -0.2) is 4.79 Å². The van der Waals surface area contributed by atoms with Crippen LogP contribution in [0.15, 0.2) is 56.3 Å². The van der Waals surface area contributed by atoms with Gasteiger partial charge in [0.2, 0.25) is 5.91 Å². The molecule has 1 fully saturated rings. The molecule has 29 heavy (non-hydrogen) atoms. The van der Waals surface area contributed by atoms with Crippen LogP contribution in [0.25, 0.3) is 21.9 Å². The first-order chi connectivity index (χ1) is 14.0. The molecular weight excluding hydrogens is 432 g/mol. The molecule has 0 aliphatic carbocycles. The van der Waals surface area contributed by atoms with E-state index in [2.05, 4.69) is 0 Å². The second-order valence-electron chi connectivity index (χ2n) is 6.80. The Bertz CT molecular complexity index is 1220. The Morgan fingerprint density at radius 1 is 1.34 bits per heavy atom. The van der Waals surface area contributed by atoms with Gasteiger partial charge in [0.25, 0.3) is 0 Å². The van der Waals surface area contributed by atoms with Gasteiger partial charge in [-0.1, -0.05) is 30.0 Å². The van der Waals surface area contributed by atoms with E-state index in [1.165, 1.54) is 28.4 Å². The first-order valence-electron chi connectivity index (χ1n) is 8.84. The molecule has 0 unspecified atom stereocenters. The van der Waals surface area contributed by atoms with Gasteiger partial charge in [-0.2, -0.15) is 0 Å². The number of carboxylic acid groups (broad SMARTS) is 1. The minimum absolute atomic E-state index is 0.0274. The molecule has 148 valence electrons. The van der Waals surface area contributed by atoms with Crippen LogP contribution in [0.1, 0.15) is 5.56 Å². The van der Waals surface area contributed by atoms with E-state index in [0.29, 0.717) is 22.1 Å². The lowest BCUT2D eigenvalue weighted by molar-refractivity contribution is -0.147. The number of amides is 1. The predicted octanol–water partition coefficient (Wildman–Crippen LogP) is 3.96. The number of para-hydroxylation sites is 1. The van der Waals surface area contributed by atoms with Crippen LogP contribution in [0.2, 0.25) is 0 Å². The highest BCUT2D eigenvalue weighted by molar-refractivity contribution is 8.06. The minimum Gasteiger partial charge on any atom is -0.477 e. The molecule has 1 saturated heterocycles. The van der Waals surface area contributed by atoms with E-state index in [1.807, 2.05) is 36.4 Å². The average Bonchev–Trinajstić information content (AvgIpc) is 3.10. The van der Waals surface area contributed by atoms with E-state index in [-0.39, 0.29) is 17.0 Å². The van der Waals surface area contributed by atoms with E-state index in [4.69, 9.17) is 21.8 Å². The largest absolute Gasteiger partial charge is 0.477 e. The molecule has 2 aromatic carbocycles. The number of fused-ring (bicyclic) bond motifs is 4. The van der Waals surface area contributed by atoms with Crippen LogP contribution in [0.5, 0.6) is 0 Å². The molecule has 1 amide bonds. The van der Waals surface area contributed by atoms with E-state index < -0.39 is 12.0 Å². The fourth-order valence-corrected chi connectivity index (χ4v) is 6.37. The predicted molar refractivity (Wildman–Crippen MR) is 115 cm³/mol. The maximum absolute atomic E-state index is 12.1. The Hall–Kier alpha value is -2.13. The van der Waals surface area contributed by atoms with Gasteiger partial charge in [-0.15, -0.1) is 23.4 Å². The van der Waals surface area contributed by atoms with Crippen LogP contribution in [0, 0.1) is 0 Å². The van der Waals surface area contributed by atoms with Crippen LogP contribution in [0.4, 0.5) is 0 Å². The summed E-state index contributed by atoms with van der Waals surface area (Å²) in [5, 5.41) is 11.4. The molecule has 0 radical (unpaired) electrons. The van der Waals surface area contributed by atoms with Gasteiger partial charge in [0.05, 0.1) is 5.88 Å². The molecule has 3 N–H and O–H groups in total. The van der Waals surface area contributed by atoms with Gasteiger partial charge >= 0.3 is 5.97 Å². The van der Waals surface area contributed by atoms with Crippen molar-refractivity contribution < 1.29 is 19.1 Å². The van der Waals surface area contributed by atoms with Crippen molar-refractivity contribution in [3.05, 3.63) is 52.6 Å². The van der Waals surface area contributed by atoms with Crippen LogP contribution in [0.3, 0.4) is 0 Å². The van der Waals surface area contributed by atoms with Crippen molar-refractivity contribution in [2.45, 2.75) is 22.2 Å². The number of aliphatic carboxylic acids is 1. The number of benzene rings is 2. The number of carbonyl (C=O) groups excluding carboxylic acids is 1. The van der Waals surface area contributed by atoms with Gasteiger partial charge in [-0.05, 0) is 18.2 Å². The monoisotopic (exact) mass is 446 g/mol. The number of nitrogens with zero attached hydrogens (tertiary/aromatic N) is 1. The quantitative estimate of drug-likeness (QED) is 0.462. The Labute approximate surface area is 179 Å². The molecule has 6 nitrogen and oxygen atoms in total. The number of carboxylic acids is 1. The second-order valence-corrected chi connectivity index (χ2v) is 9.34. The SMILES string of the molecule is N[C@@H]1C(=O)N2C(C(=O)O)=C(Sc3ccc4c(c3)oc3c(CCl)cccc34)CS[C@H]12. The van der Waals surface area contributed by atoms with Crippen molar-refractivity contribution in [1.29, 1.82) is 0 Å². The summed E-state index contributed by atoms with van der Waals surface area (Å²) in [6.45, 7) is 0. The number of nitrogens with two attached hydrogens (primary N) is 1. The highest BCUT2D eigenvalue weighted by atomic mass is 35.5. The maximum atomic E-state index is 12.1. The number of rotatable bonds is 4. The summed E-state index contributed by atoms with van der Waals surface area (Å²) in [6.07, 6.45) is 0. The van der Waals surface area contributed by atoms with Gasteiger partial charge in [-0.3, -0.25) is 9.69 Å². The van der Waals surface area contributed by atoms with E-state index in [1.54, 1.807) is 0 Å². The van der Waals surface area contributed by atoms with E-state index in [0.717, 1.165) is 26.8 Å². The molecule has 3 aromatic rings. The number of hydrogen-bond acceptors (Lipinski definition) is 6. The standard InChI is InChI=1S/C20H15ClN2O4S2/c21-7-9-2-1-3-12-11-5-4-10(6-13(11)27-17(9)12)29-14-8-28-19-15(22)18(24)23(19)16(14)20(25)26/h1-6,15,19H,7-8,22H2,(H,25,26)/t15-,19-/m1/s1. The first-order valence-corrected chi connectivity index (χ1v) is 11.2. The Balaban J connectivity index is 1.55. The highest BCUT2D eigenvalue weighted by Crippen LogP contribution is 2.45. The van der Waals surface area contributed by atoms with Gasteiger partial charge in [0.1, 0.15) is 28.3 Å². The number of halogens is 1. The third-order valence-corrected chi connectivity index (χ3v) is 7.96. The second kappa shape index (κ2) is 6.98. The fourth-order valence-electron chi connectivity index (χ4n) is 3.71. The third-order valence-electron chi connectivity index (χ3n) is 5.11. The summed E-state index contributed by atoms with van der Waals surface area (Å²) < 4.78 is 6.04. The summed E-state index contributed by atoms with van der Waals surface area (Å²) in [6, 6.07) is 11.0. The Morgan fingerprint density at radius 3 is 2.93 bits per heavy atom. The van der Waals surface area contributed by atoms with Crippen LogP contribution in [-0.4, -0.2) is 39.1 Å². The summed E-state index contributed by atoms with van der Waals surface area (Å²) in [4.78, 5) is 26.7. The van der Waals surface area contributed by atoms with Crippen molar-refractivity contribution >= 4 is 68.9 Å². The zero-order valence-electron chi connectivity index (χ0n) is 14.9. The van der Waals surface area contributed by atoms with Crippen molar-refractivity contribution in [3.8, 4) is 0 Å². The Kier molecular flexibility index (Phi) is 4.54. The lowest BCUT2D eigenvalue weighted by Gasteiger charge is -2.47. The topological polar surface area (TPSA) is 96.8 Å². The highest BCUT2D eigenvalue weighted by Gasteiger charge is 2.51. The lowest BCUT2D eigenvalue weighted by Crippen LogP contribution is -2.68. The van der Waals surface area contributed by atoms with Crippen LogP contribution >= 0.6 is 35.1 Å². The summed E-state index contributed by atoms with van der Waals surface area (Å²) in [5.41, 5.74) is 8.23. The third kappa shape index (κ3) is 2.85. The molecule has 2 aliphatic heterocycles. The molecule has 0 saturated carbocycles. The molecule has 2 aliphatic rings. The normalized spacial score (nSPS) is 21.6. The number of thioether (sulfide) groups is 2.